The maximum Gasteiger partial charge on any atom is 0.335 e. The molecule has 0 radical (unpaired) electrons. The van der Waals surface area contributed by atoms with Crippen LogP contribution in [0.1, 0.15) is 34.8 Å². The lowest BCUT2D eigenvalue weighted by atomic mass is 9.99. The van der Waals surface area contributed by atoms with Crippen molar-refractivity contribution in [3.63, 3.8) is 0 Å². The van der Waals surface area contributed by atoms with Gasteiger partial charge in [0, 0.05) is 18.8 Å². The summed E-state index contributed by atoms with van der Waals surface area (Å²) in [6, 6.07) is 9.58. The lowest BCUT2D eigenvalue weighted by Crippen LogP contribution is -2.37. The van der Waals surface area contributed by atoms with Gasteiger partial charge in [-0.15, -0.1) is 0 Å². The second kappa shape index (κ2) is 4.73. The summed E-state index contributed by atoms with van der Waals surface area (Å²) in [6.07, 6.45) is 6.00. The summed E-state index contributed by atoms with van der Waals surface area (Å²) in [5.74, 6) is -0.298. The quantitative estimate of drug-likeness (QED) is 0.943. The van der Waals surface area contributed by atoms with E-state index in [0.29, 0.717) is 11.5 Å². The molecule has 0 bridgehead atoms. The van der Waals surface area contributed by atoms with Crippen LogP contribution in [0.4, 0.5) is 11.4 Å². The fourth-order valence-electron chi connectivity index (χ4n) is 3.34. The predicted molar refractivity (Wildman–Crippen MR) is 84.0 cm³/mol. The summed E-state index contributed by atoms with van der Waals surface area (Å²) in [5.41, 5.74) is 3.57. The Bertz CT molecular complexity index is 728. The number of hydrogen-bond donors (Lipinski definition) is 1. The van der Waals surface area contributed by atoms with Crippen LogP contribution < -0.4 is 10.0 Å². The second-order valence-corrected chi connectivity index (χ2v) is 5.94. The Hall–Kier alpha value is -2.56. The van der Waals surface area contributed by atoms with Gasteiger partial charge in [-0.1, -0.05) is 0 Å². The van der Waals surface area contributed by atoms with Crippen LogP contribution in [0.5, 0.6) is 0 Å². The zero-order valence-electron chi connectivity index (χ0n) is 12.3. The first kappa shape index (κ1) is 13.1. The van der Waals surface area contributed by atoms with E-state index in [1.807, 2.05) is 37.5 Å². The van der Waals surface area contributed by atoms with E-state index in [1.54, 1.807) is 12.3 Å². The fourth-order valence-corrected chi connectivity index (χ4v) is 3.34. The normalized spacial score (nSPS) is 20.1. The molecule has 22 heavy (non-hydrogen) atoms. The van der Waals surface area contributed by atoms with Crippen LogP contribution in [0.15, 0.2) is 42.7 Å². The number of carboxylic acids is 1. The van der Waals surface area contributed by atoms with Gasteiger partial charge in [-0.2, -0.15) is 0 Å². The molecule has 1 unspecified atom stereocenters. The number of nitrogens with zero attached hydrogens (tertiary/aromatic N) is 3. The van der Waals surface area contributed by atoms with Crippen molar-refractivity contribution >= 4 is 17.3 Å². The number of hydrazine groups is 1. The minimum absolute atomic E-state index is 0.198. The molecule has 0 spiro atoms. The van der Waals surface area contributed by atoms with E-state index in [-0.39, 0.29) is 6.04 Å². The Balaban J connectivity index is 1.83. The summed E-state index contributed by atoms with van der Waals surface area (Å²) in [4.78, 5) is 15.5. The van der Waals surface area contributed by atoms with E-state index < -0.39 is 5.97 Å². The van der Waals surface area contributed by atoms with Gasteiger partial charge < -0.3 is 5.11 Å². The molecule has 112 valence electrons. The van der Waals surface area contributed by atoms with Gasteiger partial charge in [0.2, 0.25) is 0 Å². The van der Waals surface area contributed by atoms with Crippen molar-refractivity contribution in [1.29, 1.82) is 0 Å². The maximum absolute atomic E-state index is 11.3. The number of carboxylic acid groups (broad SMARTS) is 1. The zero-order chi connectivity index (χ0) is 15.3. The van der Waals surface area contributed by atoms with Crippen LogP contribution in [0.25, 0.3) is 0 Å². The third kappa shape index (κ3) is 1.93. The van der Waals surface area contributed by atoms with Crippen LogP contribution in [0, 0.1) is 5.92 Å². The van der Waals surface area contributed by atoms with Crippen molar-refractivity contribution in [2.75, 3.05) is 17.1 Å². The van der Waals surface area contributed by atoms with Crippen molar-refractivity contribution in [1.82, 2.24) is 4.98 Å². The van der Waals surface area contributed by atoms with Gasteiger partial charge in [-0.05, 0) is 49.1 Å². The number of pyridine rings is 1. The van der Waals surface area contributed by atoms with E-state index in [1.165, 1.54) is 12.8 Å². The molecular weight excluding hydrogens is 278 g/mol. The minimum atomic E-state index is -0.875. The van der Waals surface area contributed by atoms with Crippen LogP contribution in [0.2, 0.25) is 0 Å². The van der Waals surface area contributed by atoms with Gasteiger partial charge in [0.05, 0.1) is 29.2 Å². The molecule has 0 amide bonds. The van der Waals surface area contributed by atoms with Crippen LogP contribution in [-0.4, -0.2) is 23.1 Å². The van der Waals surface area contributed by atoms with Crippen molar-refractivity contribution in [2.24, 2.45) is 5.92 Å². The SMILES string of the molecule is CN1c2ccc(C(=O)O)cc2C(C2CC2)N1c1cccnc1. The third-order valence-corrected chi connectivity index (χ3v) is 4.51. The molecule has 1 aliphatic carbocycles. The molecule has 1 fully saturated rings. The highest BCUT2D eigenvalue weighted by Crippen LogP contribution is 2.53. The molecule has 1 aromatic carbocycles. The lowest BCUT2D eigenvalue weighted by Gasteiger charge is -2.33. The Kier molecular flexibility index (Phi) is 2.82. The molecule has 2 aliphatic rings. The van der Waals surface area contributed by atoms with Crippen molar-refractivity contribution in [3.8, 4) is 0 Å². The smallest absolute Gasteiger partial charge is 0.335 e. The number of fused-ring (bicyclic) bond motifs is 1. The molecule has 2 heterocycles. The summed E-state index contributed by atoms with van der Waals surface area (Å²) < 4.78 is 0. The number of anilines is 2. The molecule has 1 aromatic heterocycles. The zero-order valence-corrected chi connectivity index (χ0v) is 12.3. The molecule has 1 saturated carbocycles. The number of rotatable bonds is 3. The van der Waals surface area contributed by atoms with Gasteiger partial charge >= 0.3 is 5.97 Å². The van der Waals surface area contributed by atoms with E-state index in [0.717, 1.165) is 16.9 Å². The highest BCUT2D eigenvalue weighted by Gasteiger charge is 2.44. The van der Waals surface area contributed by atoms with Crippen LogP contribution >= 0.6 is 0 Å². The Morgan fingerprint density at radius 3 is 2.77 bits per heavy atom. The Morgan fingerprint density at radius 1 is 1.32 bits per heavy atom. The number of aromatic carboxylic acids is 1. The van der Waals surface area contributed by atoms with Gasteiger partial charge in [-0.3, -0.25) is 15.0 Å². The molecule has 1 aliphatic heterocycles. The molecule has 1 atom stereocenters. The average molecular weight is 295 g/mol. The minimum Gasteiger partial charge on any atom is -0.478 e. The highest BCUT2D eigenvalue weighted by molar-refractivity contribution is 5.89. The topological polar surface area (TPSA) is 56.7 Å². The van der Waals surface area contributed by atoms with Gasteiger partial charge in [0.25, 0.3) is 0 Å². The van der Waals surface area contributed by atoms with Crippen molar-refractivity contribution < 1.29 is 9.90 Å². The number of aromatic nitrogens is 1. The Labute approximate surface area is 128 Å². The fraction of sp³-hybridized carbons (Fsp3) is 0.294. The van der Waals surface area contributed by atoms with Crippen LogP contribution in [0.3, 0.4) is 0 Å². The number of hydrogen-bond acceptors (Lipinski definition) is 4. The summed E-state index contributed by atoms with van der Waals surface area (Å²) >= 11 is 0. The van der Waals surface area contributed by atoms with Gasteiger partial charge in [-0.25, -0.2) is 4.79 Å². The molecule has 1 N–H and O–H groups in total. The van der Waals surface area contributed by atoms with Crippen molar-refractivity contribution in [2.45, 2.75) is 18.9 Å². The second-order valence-electron chi connectivity index (χ2n) is 5.94. The number of benzene rings is 1. The van der Waals surface area contributed by atoms with E-state index >= 15 is 0 Å². The predicted octanol–water partition coefficient (Wildman–Crippen LogP) is 3.10. The number of carbonyl (C=O) groups is 1. The van der Waals surface area contributed by atoms with E-state index in [9.17, 15) is 9.90 Å². The maximum atomic E-state index is 11.3. The lowest BCUT2D eigenvalue weighted by molar-refractivity contribution is 0.0697. The molecule has 5 nitrogen and oxygen atoms in total. The molecule has 2 aromatic rings. The summed E-state index contributed by atoms with van der Waals surface area (Å²) in [5, 5.41) is 13.6. The van der Waals surface area contributed by atoms with Gasteiger partial charge in [0.15, 0.2) is 0 Å². The molecule has 4 rings (SSSR count). The third-order valence-electron chi connectivity index (χ3n) is 4.51. The average Bonchev–Trinajstić information content (AvgIpc) is 3.33. The standard InChI is InChI=1S/C17H17N3O2/c1-19-15-7-6-12(17(21)22)9-14(15)16(11-4-5-11)20(19)13-3-2-8-18-10-13/h2-3,6-11,16H,4-5H2,1H3,(H,21,22). The molecule has 5 heteroatoms. The van der Waals surface area contributed by atoms with Crippen molar-refractivity contribution in [3.05, 3.63) is 53.9 Å². The molecular formula is C17H17N3O2. The first-order chi connectivity index (χ1) is 10.7. The molecule has 0 saturated heterocycles. The Morgan fingerprint density at radius 2 is 2.14 bits per heavy atom. The van der Waals surface area contributed by atoms with E-state index in [2.05, 4.69) is 15.0 Å². The summed E-state index contributed by atoms with van der Waals surface area (Å²) in [6.45, 7) is 0. The highest BCUT2D eigenvalue weighted by atomic mass is 16.4. The van der Waals surface area contributed by atoms with Gasteiger partial charge in [0.1, 0.15) is 0 Å². The summed E-state index contributed by atoms with van der Waals surface area (Å²) in [7, 11) is 2.02. The monoisotopic (exact) mass is 295 g/mol. The van der Waals surface area contributed by atoms with E-state index in [4.69, 9.17) is 0 Å². The van der Waals surface area contributed by atoms with Crippen LogP contribution in [-0.2, 0) is 0 Å². The first-order valence-electron chi connectivity index (χ1n) is 7.47. The first-order valence-corrected chi connectivity index (χ1v) is 7.47. The largest absolute Gasteiger partial charge is 0.478 e.